The predicted molar refractivity (Wildman–Crippen MR) is 363 cm³/mol. The van der Waals surface area contributed by atoms with Crippen molar-refractivity contribution in [3.05, 3.63) is 97.2 Å². The molecule has 2 unspecified atom stereocenters. The second-order valence-electron chi connectivity index (χ2n) is 24.3. The van der Waals surface area contributed by atoms with E-state index < -0.39 is 12.1 Å². The molecule has 1 amide bonds. The lowest BCUT2D eigenvalue weighted by Gasteiger charge is -2.20. The summed E-state index contributed by atoms with van der Waals surface area (Å²) in [5.74, 6) is -0.0595. The molecule has 0 saturated heterocycles. The van der Waals surface area contributed by atoms with E-state index in [2.05, 4.69) is 104 Å². The van der Waals surface area contributed by atoms with E-state index in [4.69, 9.17) is 0 Å². The van der Waals surface area contributed by atoms with Crippen LogP contribution in [0, 0.1) is 0 Å². The molecule has 0 aliphatic heterocycles. The van der Waals surface area contributed by atoms with Gasteiger partial charge in [0.25, 0.3) is 0 Å². The van der Waals surface area contributed by atoms with Crippen LogP contribution in [0.15, 0.2) is 97.2 Å². The topological polar surface area (TPSA) is 69.6 Å². The van der Waals surface area contributed by atoms with Gasteiger partial charge in [0.1, 0.15) is 0 Å². The standard InChI is InChI=1S/C77H139NO3/c1-3-5-7-9-11-13-15-17-19-21-23-25-27-29-31-33-34-35-36-37-38-39-40-41-42-43-44-45-47-49-51-53-55-57-59-61-63-65-67-69-71-73-77(81)78-75(74-79)76(80)72-70-68-66-64-62-60-58-56-54-52-50-48-46-32-30-28-26-24-22-20-18-16-14-12-10-8-6-4-2/h5,7,11,13,17,19,23,25,29,31,34-35,37-38,70,72,75-76,79-80H,3-4,6,8-10,12,14-16,18,20-22,24,26-28,30,32-33,36,39-69,71,73-74H2,1-2H3,(H,78,81)/b7-5-,13-11-,19-17-,25-23-,31-29-,35-34-,38-37-,72-70+. The average molecular weight is 1130 g/mol. The number of rotatable bonds is 66. The maximum Gasteiger partial charge on any atom is 0.220 e. The van der Waals surface area contributed by atoms with E-state index >= 15 is 0 Å². The third-order valence-electron chi connectivity index (χ3n) is 16.3. The molecule has 0 aromatic carbocycles. The molecule has 0 heterocycles. The van der Waals surface area contributed by atoms with Crippen LogP contribution in [0.1, 0.15) is 367 Å². The van der Waals surface area contributed by atoms with Crippen LogP contribution < -0.4 is 5.32 Å². The third kappa shape index (κ3) is 68.0. The number of aliphatic hydroxyl groups is 2. The Balaban J connectivity index is 3.46. The summed E-state index contributed by atoms with van der Waals surface area (Å²) in [6.45, 7) is 4.23. The molecule has 0 rings (SSSR count). The molecule has 0 aliphatic carbocycles. The molecular weight excluding hydrogens is 987 g/mol. The minimum atomic E-state index is -0.844. The van der Waals surface area contributed by atoms with Crippen LogP contribution in [0.3, 0.4) is 0 Å². The van der Waals surface area contributed by atoms with Gasteiger partial charge in [-0.15, -0.1) is 0 Å². The van der Waals surface area contributed by atoms with Gasteiger partial charge in [-0.1, -0.05) is 381 Å². The summed E-state index contributed by atoms with van der Waals surface area (Å²) >= 11 is 0. The molecule has 0 spiro atoms. The number of carbonyl (C=O) groups is 1. The molecule has 0 aromatic rings. The number of aliphatic hydroxyl groups excluding tert-OH is 2. The van der Waals surface area contributed by atoms with E-state index in [0.29, 0.717) is 6.42 Å². The van der Waals surface area contributed by atoms with Crippen LogP contribution in [-0.2, 0) is 4.79 Å². The minimum Gasteiger partial charge on any atom is -0.394 e. The van der Waals surface area contributed by atoms with Crippen molar-refractivity contribution in [2.75, 3.05) is 6.61 Å². The molecule has 0 radical (unpaired) electrons. The number of hydrogen-bond acceptors (Lipinski definition) is 3. The Morgan fingerprint density at radius 3 is 0.815 bits per heavy atom. The number of amides is 1. The fourth-order valence-electron chi connectivity index (χ4n) is 10.9. The van der Waals surface area contributed by atoms with Crippen molar-refractivity contribution in [3.63, 3.8) is 0 Å². The fourth-order valence-corrected chi connectivity index (χ4v) is 10.9. The molecule has 0 fully saturated rings. The van der Waals surface area contributed by atoms with Gasteiger partial charge >= 0.3 is 0 Å². The quantitative estimate of drug-likeness (QED) is 0.0420. The Morgan fingerprint density at radius 2 is 0.543 bits per heavy atom. The van der Waals surface area contributed by atoms with E-state index in [9.17, 15) is 15.0 Å². The summed E-state index contributed by atoms with van der Waals surface area (Å²) < 4.78 is 0. The summed E-state index contributed by atoms with van der Waals surface area (Å²) in [6, 6.07) is -0.627. The molecule has 81 heavy (non-hydrogen) atoms. The van der Waals surface area contributed by atoms with Crippen LogP contribution in [-0.4, -0.2) is 34.9 Å². The zero-order chi connectivity index (χ0) is 58.4. The van der Waals surface area contributed by atoms with Crippen molar-refractivity contribution in [2.45, 2.75) is 379 Å². The molecule has 0 aliphatic rings. The lowest BCUT2D eigenvalue weighted by molar-refractivity contribution is -0.123. The summed E-state index contributed by atoms with van der Waals surface area (Å²) in [6.07, 6.45) is 106. The Hall–Kier alpha value is -2.69. The molecule has 0 saturated carbocycles. The third-order valence-corrected chi connectivity index (χ3v) is 16.3. The molecule has 4 nitrogen and oxygen atoms in total. The first-order valence-electron chi connectivity index (χ1n) is 36.0. The van der Waals surface area contributed by atoms with Gasteiger partial charge in [-0.25, -0.2) is 0 Å². The zero-order valence-electron chi connectivity index (χ0n) is 54.3. The Morgan fingerprint density at radius 1 is 0.309 bits per heavy atom. The number of allylic oxidation sites excluding steroid dienone is 15. The molecule has 4 heteroatoms. The zero-order valence-corrected chi connectivity index (χ0v) is 54.3. The molecule has 470 valence electrons. The molecular formula is C77H139NO3. The van der Waals surface area contributed by atoms with E-state index in [1.165, 1.54) is 276 Å². The number of carbonyl (C=O) groups excluding carboxylic acids is 1. The van der Waals surface area contributed by atoms with Gasteiger partial charge < -0.3 is 15.5 Å². The Kier molecular flexibility index (Phi) is 69.2. The normalized spacial score (nSPS) is 13.3. The molecule has 3 N–H and O–H groups in total. The van der Waals surface area contributed by atoms with E-state index in [0.717, 1.165) is 70.6 Å². The molecule has 0 bridgehead atoms. The van der Waals surface area contributed by atoms with Crippen LogP contribution in [0.25, 0.3) is 0 Å². The van der Waals surface area contributed by atoms with Gasteiger partial charge in [0.15, 0.2) is 0 Å². The van der Waals surface area contributed by atoms with Gasteiger partial charge in [-0.05, 0) is 77.0 Å². The van der Waals surface area contributed by atoms with Gasteiger partial charge in [0.05, 0.1) is 18.8 Å². The SMILES string of the molecule is CC/C=C\C/C=C\C/C=C\C/C=C\C/C=C\C/C=C\C/C=C\CCCCCCCCCCCCCCCCCCCCCC(=O)NC(CO)C(O)/C=C/CCCCCCCCCCCCCCCCCCCCCCCCCCCC. The number of nitrogens with one attached hydrogen (secondary N) is 1. The number of unbranched alkanes of at least 4 members (excludes halogenated alkanes) is 45. The first-order valence-corrected chi connectivity index (χ1v) is 36.0. The second kappa shape index (κ2) is 71.6. The summed E-state index contributed by atoms with van der Waals surface area (Å²) in [5, 5.41) is 23.3. The van der Waals surface area contributed by atoms with Crippen molar-refractivity contribution in [2.24, 2.45) is 0 Å². The van der Waals surface area contributed by atoms with E-state index in [1.54, 1.807) is 6.08 Å². The maximum atomic E-state index is 12.6. The lowest BCUT2D eigenvalue weighted by Crippen LogP contribution is -2.45. The van der Waals surface area contributed by atoms with Crippen molar-refractivity contribution in [1.82, 2.24) is 5.32 Å². The second-order valence-corrected chi connectivity index (χ2v) is 24.3. The van der Waals surface area contributed by atoms with Gasteiger partial charge in [0.2, 0.25) is 5.91 Å². The predicted octanol–water partition coefficient (Wildman–Crippen LogP) is 24.8. The van der Waals surface area contributed by atoms with Crippen molar-refractivity contribution in [3.8, 4) is 0 Å². The molecule has 2 atom stereocenters. The highest BCUT2D eigenvalue weighted by Gasteiger charge is 2.18. The smallest absolute Gasteiger partial charge is 0.220 e. The highest BCUT2D eigenvalue weighted by atomic mass is 16.3. The first-order chi connectivity index (χ1) is 40.2. The van der Waals surface area contributed by atoms with Crippen molar-refractivity contribution < 1.29 is 15.0 Å². The van der Waals surface area contributed by atoms with Crippen molar-refractivity contribution in [1.29, 1.82) is 0 Å². The average Bonchev–Trinajstić information content (AvgIpc) is 3.47. The van der Waals surface area contributed by atoms with Crippen LogP contribution in [0.2, 0.25) is 0 Å². The van der Waals surface area contributed by atoms with Crippen LogP contribution in [0.4, 0.5) is 0 Å². The maximum absolute atomic E-state index is 12.6. The first kappa shape index (κ1) is 78.3. The highest BCUT2D eigenvalue weighted by molar-refractivity contribution is 5.76. The molecule has 0 aromatic heterocycles. The van der Waals surface area contributed by atoms with Crippen LogP contribution >= 0.6 is 0 Å². The highest BCUT2D eigenvalue weighted by Crippen LogP contribution is 2.19. The Bertz CT molecular complexity index is 1470. The lowest BCUT2D eigenvalue weighted by atomic mass is 10.0. The number of hydrogen-bond donors (Lipinski definition) is 3. The Labute approximate surface area is 506 Å². The minimum absolute atomic E-state index is 0.0595. The van der Waals surface area contributed by atoms with Crippen LogP contribution in [0.5, 0.6) is 0 Å². The van der Waals surface area contributed by atoms with Gasteiger partial charge in [-0.3, -0.25) is 4.79 Å². The van der Waals surface area contributed by atoms with Crippen molar-refractivity contribution >= 4 is 5.91 Å². The van der Waals surface area contributed by atoms with E-state index in [1.807, 2.05) is 6.08 Å². The monoisotopic (exact) mass is 1130 g/mol. The largest absolute Gasteiger partial charge is 0.394 e. The van der Waals surface area contributed by atoms with E-state index in [-0.39, 0.29) is 12.5 Å². The summed E-state index contributed by atoms with van der Waals surface area (Å²) in [7, 11) is 0. The summed E-state index contributed by atoms with van der Waals surface area (Å²) in [4.78, 5) is 12.6. The fraction of sp³-hybridized carbons (Fsp3) is 0.779. The van der Waals surface area contributed by atoms with Gasteiger partial charge in [-0.2, -0.15) is 0 Å². The van der Waals surface area contributed by atoms with Gasteiger partial charge in [0, 0.05) is 6.42 Å². The summed E-state index contributed by atoms with van der Waals surface area (Å²) in [5.41, 5.74) is 0.